The fourth-order valence-corrected chi connectivity index (χ4v) is 4.87. The number of carbonyl (C=O) groups is 1. The predicted molar refractivity (Wildman–Crippen MR) is 141 cm³/mol. The third kappa shape index (κ3) is 5.63. The Morgan fingerprint density at radius 3 is 2.42 bits per heavy atom. The van der Waals surface area contributed by atoms with Gasteiger partial charge >= 0.3 is 6.18 Å². The minimum Gasteiger partial charge on any atom is -0.471 e. The molecule has 1 aliphatic heterocycles. The number of aromatic nitrogens is 3. The van der Waals surface area contributed by atoms with Gasteiger partial charge in [-0.2, -0.15) is 13.2 Å². The third-order valence-electron chi connectivity index (χ3n) is 6.32. The van der Waals surface area contributed by atoms with E-state index in [-0.39, 0.29) is 18.2 Å². The van der Waals surface area contributed by atoms with Gasteiger partial charge in [0.2, 0.25) is 24.3 Å². The van der Waals surface area contributed by atoms with Crippen molar-refractivity contribution in [3.05, 3.63) is 70.5 Å². The highest BCUT2D eigenvalue weighted by molar-refractivity contribution is 6.33. The highest BCUT2D eigenvalue weighted by atomic mass is 35.5. The van der Waals surface area contributed by atoms with Crippen LogP contribution in [-0.4, -0.2) is 44.1 Å². The molecule has 3 heterocycles. The number of pyridine rings is 1. The number of alkyl halides is 3. The Balaban J connectivity index is 1.65. The van der Waals surface area contributed by atoms with E-state index >= 15 is 0 Å². The lowest BCUT2D eigenvalue weighted by Gasteiger charge is -2.38. The summed E-state index contributed by atoms with van der Waals surface area (Å²) in [5.74, 6) is -1.19. The predicted octanol–water partition coefficient (Wildman–Crippen LogP) is 6.41. The number of fused-ring (bicyclic) bond motifs is 1. The Bertz CT molecular complexity index is 1560. The van der Waals surface area contributed by atoms with Crippen LogP contribution < -0.4 is 10.1 Å². The maximum Gasteiger partial charge on any atom is 0.423 e. The lowest BCUT2D eigenvalue weighted by atomic mass is 9.88. The molecule has 1 aliphatic rings. The normalized spacial score (nSPS) is 17.1. The van der Waals surface area contributed by atoms with E-state index in [0.717, 1.165) is 0 Å². The second kappa shape index (κ2) is 10.4. The van der Waals surface area contributed by atoms with Gasteiger partial charge in [0, 0.05) is 33.7 Å². The van der Waals surface area contributed by atoms with Crippen molar-refractivity contribution in [1.29, 1.82) is 0 Å². The van der Waals surface area contributed by atoms with Gasteiger partial charge in [0.1, 0.15) is 5.60 Å². The van der Waals surface area contributed by atoms with E-state index in [1.54, 1.807) is 62.4 Å². The average molecular weight is 593 g/mol. The van der Waals surface area contributed by atoms with Gasteiger partial charge in [0.15, 0.2) is 0 Å². The molecule has 0 fully saturated rings. The summed E-state index contributed by atoms with van der Waals surface area (Å²) >= 11 is 12.8. The van der Waals surface area contributed by atoms with Gasteiger partial charge in [0.05, 0.1) is 16.8 Å². The fourth-order valence-electron chi connectivity index (χ4n) is 4.47. The molecule has 0 aliphatic carbocycles. The van der Waals surface area contributed by atoms with Gasteiger partial charge in [-0.15, -0.1) is 10.2 Å². The van der Waals surface area contributed by atoms with Gasteiger partial charge in [0.25, 0.3) is 5.91 Å². The first-order valence-electron chi connectivity index (χ1n) is 11.9. The minimum atomic E-state index is -5.12. The van der Waals surface area contributed by atoms with Crippen LogP contribution in [0.2, 0.25) is 10.0 Å². The van der Waals surface area contributed by atoms with Crippen molar-refractivity contribution in [3.8, 4) is 39.7 Å². The zero-order valence-electron chi connectivity index (χ0n) is 21.0. The lowest BCUT2D eigenvalue weighted by Crippen LogP contribution is -2.48. The second-order valence-corrected chi connectivity index (χ2v) is 10.6. The topological polar surface area (TPSA) is 110 Å². The van der Waals surface area contributed by atoms with Gasteiger partial charge < -0.3 is 19.6 Å². The van der Waals surface area contributed by atoms with Crippen molar-refractivity contribution in [1.82, 2.24) is 20.5 Å². The van der Waals surface area contributed by atoms with Crippen LogP contribution in [0.4, 0.5) is 13.2 Å². The number of aliphatic hydroxyl groups is 1. The Labute approximate surface area is 236 Å². The largest absolute Gasteiger partial charge is 0.471 e. The number of halogens is 5. The van der Waals surface area contributed by atoms with Crippen LogP contribution >= 0.6 is 23.2 Å². The zero-order valence-corrected chi connectivity index (χ0v) is 22.5. The second-order valence-electron chi connectivity index (χ2n) is 9.80. The summed E-state index contributed by atoms with van der Waals surface area (Å²) in [4.78, 5) is 17.1. The summed E-state index contributed by atoms with van der Waals surface area (Å²) < 4.78 is 50.5. The quantitative estimate of drug-likeness (QED) is 0.275. The van der Waals surface area contributed by atoms with E-state index in [2.05, 4.69) is 15.5 Å². The van der Waals surface area contributed by atoms with Crippen molar-refractivity contribution in [3.63, 3.8) is 0 Å². The Hall–Kier alpha value is -3.67. The van der Waals surface area contributed by atoms with Crippen LogP contribution in [0.1, 0.15) is 31.9 Å². The fraction of sp³-hybridized carbons (Fsp3) is 0.259. The number of aliphatic hydroxyl groups excluding tert-OH is 1. The molecule has 5 rings (SSSR count). The van der Waals surface area contributed by atoms with E-state index < -0.39 is 29.8 Å². The highest BCUT2D eigenvalue weighted by Crippen LogP contribution is 2.45. The maximum atomic E-state index is 13.0. The molecule has 208 valence electrons. The molecule has 0 bridgehead atoms. The molecule has 0 radical (unpaired) electrons. The van der Waals surface area contributed by atoms with Crippen LogP contribution in [0.3, 0.4) is 0 Å². The lowest BCUT2D eigenvalue weighted by molar-refractivity contribution is -0.205. The summed E-state index contributed by atoms with van der Waals surface area (Å²) in [6.45, 7) is 3.44. The first kappa shape index (κ1) is 27.9. The Morgan fingerprint density at radius 1 is 1.10 bits per heavy atom. The number of amides is 1. The van der Waals surface area contributed by atoms with Gasteiger partial charge in [-0.25, -0.2) is 4.98 Å². The number of nitrogens with zero attached hydrogens (tertiary/aromatic N) is 3. The summed E-state index contributed by atoms with van der Waals surface area (Å²) in [6, 6.07) is 12.7. The molecule has 40 heavy (non-hydrogen) atoms. The van der Waals surface area contributed by atoms with E-state index in [1.165, 1.54) is 6.39 Å². The van der Waals surface area contributed by atoms with Crippen LogP contribution in [0.5, 0.6) is 5.88 Å². The minimum absolute atomic E-state index is 0.104. The van der Waals surface area contributed by atoms with Gasteiger partial charge in [-0.05, 0) is 49.7 Å². The van der Waals surface area contributed by atoms with E-state index in [1.807, 2.05) is 0 Å². The van der Waals surface area contributed by atoms with Crippen molar-refractivity contribution < 1.29 is 32.2 Å². The van der Waals surface area contributed by atoms with Crippen molar-refractivity contribution in [2.45, 2.75) is 44.2 Å². The van der Waals surface area contributed by atoms with E-state index in [4.69, 9.17) is 37.3 Å². The highest BCUT2D eigenvalue weighted by Gasteiger charge is 2.45. The molecule has 0 saturated carbocycles. The summed E-state index contributed by atoms with van der Waals surface area (Å²) in [6.07, 6.45) is -6.98. The Kier molecular flexibility index (Phi) is 7.24. The zero-order chi connectivity index (χ0) is 28.8. The Morgan fingerprint density at radius 2 is 1.80 bits per heavy atom. The maximum absolute atomic E-state index is 13.0. The molecule has 1 amide bonds. The third-order valence-corrected chi connectivity index (χ3v) is 6.89. The molecule has 2 unspecified atom stereocenters. The van der Waals surface area contributed by atoms with E-state index in [0.29, 0.717) is 43.6 Å². The number of rotatable bonds is 5. The van der Waals surface area contributed by atoms with Crippen LogP contribution in [0.15, 0.2) is 59.3 Å². The van der Waals surface area contributed by atoms with Crippen LogP contribution in [0.25, 0.3) is 33.8 Å². The molecule has 0 saturated heterocycles. The number of benzene rings is 2. The van der Waals surface area contributed by atoms with Crippen LogP contribution in [-0.2, 0) is 4.79 Å². The number of hydrogen-bond donors (Lipinski definition) is 2. The first-order valence-corrected chi connectivity index (χ1v) is 12.7. The summed E-state index contributed by atoms with van der Waals surface area (Å²) in [5.41, 5.74) is 2.19. The molecule has 4 aromatic rings. The molecule has 13 heteroatoms. The molecule has 2 N–H and O–H groups in total. The first-order chi connectivity index (χ1) is 18.8. The van der Waals surface area contributed by atoms with Gasteiger partial charge in [-0.1, -0.05) is 41.4 Å². The van der Waals surface area contributed by atoms with Crippen LogP contribution in [0, 0.1) is 0 Å². The number of ether oxygens (including phenoxy) is 1. The van der Waals surface area contributed by atoms with Crippen molar-refractivity contribution in [2.75, 3.05) is 0 Å². The number of carbonyl (C=O) groups excluding carboxylic acids is 1. The molecule has 2 atom stereocenters. The van der Waals surface area contributed by atoms with Gasteiger partial charge in [-0.3, -0.25) is 4.79 Å². The molecular weight excluding hydrogens is 572 g/mol. The number of nitrogens with one attached hydrogen (secondary N) is 1. The summed E-state index contributed by atoms with van der Waals surface area (Å²) in [5, 5.41) is 20.2. The van der Waals surface area contributed by atoms with E-state index in [9.17, 15) is 23.1 Å². The summed E-state index contributed by atoms with van der Waals surface area (Å²) in [7, 11) is 0. The number of hydrogen-bond acceptors (Lipinski definition) is 7. The van der Waals surface area contributed by atoms with Crippen molar-refractivity contribution >= 4 is 29.1 Å². The SMILES string of the molecule is CC1(C)CC(NC(=O)C(O)C(F)(F)F)c2cc(-c3ccc(Cl)cc3)c(-c3ccc(-c4nnco4)cc3Cl)nc2O1. The molecular formula is C27H21Cl2F3N4O4. The smallest absolute Gasteiger partial charge is 0.423 e. The molecule has 8 nitrogen and oxygen atoms in total. The monoisotopic (exact) mass is 592 g/mol. The standard InChI is InChI=1S/C27H21Cl2F3N4O4/c1-26(2)11-20(34-23(38)22(37)27(30,31)32)18-10-17(13-3-6-15(28)7-4-13)21(35-25(18)40-26)16-8-5-14(9-19(16)29)24-36-33-12-39-24/h3-10,12,20,22,37H,11H2,1-2H3,(H,34,38). The molecule has 2 aromatic heterocycles. The average Bonchev–Trinajstić information content (AvgIpc) is 3.42. The molecule has 0 spiro atoms. The molecule has 2 aromatic carbocycles. The van der Waals surface area contributed by atoms with Crippen molar-refractivity contribution in [2.24, 2.45) is 0 Å².